The van der Waals surface area contributed by atoms with Crippen LogP contribution in [0.15, 0.2) is 28.7 Å². The van der Waals surface area contributed by atoms with Crippen LogP contribution in [-0.2, 0) is 11.3 Å². The van der Waals surface area contributed by atoms with Crippen LogP contribution in [0, 0.1) is 11.8 Å². The van der Waals surface area contributed by atoms with Crippen LogP contribution in [0.3, 0.4) is 0 Å². The van der Waals surface area contributed by atoms with Gasteiger partial charge in [0.15, 0.2) is 0 Å². The van der Waals surface area contributed by atoms with Crippen molar-refractivity contribution in [3.8, 4) is 0 Å². The number of hydrogen-bond acceptors (Lipinski definition) is 2. The number of hydrogen-bond donors (Lipinski definition) is 0. The number of rotatable bonds is 5. The topological polar surface area (TPSA) is 23.6 Å². The number of halogens is 1. The maximum atomic E-state index is 12.2. The molecule has 1 heterocycles. The monoisotopic (exact) mass is 378 g/mol. The molecular weight excluding hydrogens is 352 g/mol. The Balaban J connectivity index is 1.41. The molecule has 3 rings (SSSR count). The van der Waals surface area contributed by atoms with Gasteiger partial charge in [-0.1, -0.05) is 34.5 Å². The Labute approximate surface area is 148 Å². The van der Waals surface area contributed by atoms with Gasteiger partial charge in [-0.15, -0.1) is 0 Å². The zero-order chi connectivity index (χ0) is 16.2. The summed E-state index contributed by atoms with van der Waals surface area (Å²) in [5.41, 5.74) is 1.38. The van der Waals surface area contributed by atoms with Gasteiger partial charge in [0.25, 0.3) is 0 Å². The molecule has 1 amide bonds. The molecule has 3 nitrogen and oxygen atoms in total. The van der Waals surface area contributed by atoms with Crippen LogP contribution < -0.4 is 0 Å². The number of piperidine rings is 1. The Morgan fingerprint density at radius 1 is 1.17 bits per heavy atom. The van der Waals surface area contributed by atoms with E-state index in [1.165, 1.54) is 24.8 Å². The van der Waals surface area contributed by atoms with Crippen LogP contribution in [0.5, 0.6) is 0 Å². The summed E-state index contributed by atoms with van der Waals surface area (Å²) in [6.45, 7) is 4.27. The molecule has 0 radical (unpaired) electrons. The first kappa shape index (κ1) is 17.0. The van der Waals surface area contributed by atoms with Gasteiger partial charge in [-0.05, 0) is 62.4 Å². The number of likely N-dealkylation sites (tertiary alicyclic amines) is 1. The first-order chi connectivity index (χ1) is 11.1. The number of amides is 1. The van der Waals surface area contributed by atoms with E-state index in [2.05, 4.69) is 45.1 Å². The zero-order valence-electron chi connectivity index (χ0n) is 14.0. The van der Waals surface area contributed by atoms with Crippen molar-refractivity contribution in [3.63, 3.8) is 0 Å². The highest BCUT2D eigenvalue weighted by atomic mass is 79.9. The Kier molecular flexibility index (Phi) is 5.76. The third kappa shape index (κ3) is 4.57. The Hall–Kier alpha value is -0.870. The second kappa shape index (κ2) is 7.80. The van der Waals surface area contributed by atoms with Crippen molar-refractivity contribution in [2.45, 2.75) is 38.6 Å². The lowest BCUT2D eigenvalue weighted by Crippen LogP contribution is -2.42. The highest BCUT2D eigenvalue weighted by Gasteiger charge is 2.29. The van der Waals surface area contributed by atoms with Crippen molar-refractivity contribution in [1.82, 2.24) is 9.80 Å². The van der Waals surface area contributed by atoms with E-state index in [0.717, 1.165) is 43.5 Å². The predicted molar refractivity (Wildman–Crippen MR) is 97.1 cm³/mol. The van der Waals surface area contributed by atoms with Gasteiger partial charge in [0.2, 0.25) is 5.91 Å². The van der Waals surface area contributed by atoms with E-state index >= 15 is 0 Å². The maximum absolute atomic E-state index is 12.2. The molecule has 126 valence electrons. The summed E-state index contributed by atoms with van der Waals surface area (Å²) >= 11 is 3.49. The first-order valence-electron chi connectivity index (χ1n) is 8.83. The lowest BCUT2D eigenvalue weighted by Gasteiger charge is -2.35. The summed E-state index contributed by atoms with van der Waals surface area (Å²) < 4.78 is 1.14. The van der Waals surface area contributed by atoms with Gasteiger partial charge in [-0.3, -0.25) is 9.69 Å². The second-order valence-electron chi connectivity index (χ2n) is 7.19. The van der Waals surface area contributed by atoms with E-state index in [1.807, 2.05) is 11.9 Å². The van der Waals surface area contributed by atoms with Crippen molar-refractivity contribution in [3.05, 3.63) is 34.3 Å². The lowest BCUT2D eigenvalue weighted by molar-refractivity contribution is -0.137. The van der Waals surface area contributed by atoms with Crippen molar-refractivity contribution in [2.24, 2.45) is 11.8 Å². The minimum atomic E-state index is 0.331. The van der Waals surface area contributed by atoms with Crippen LogP contribution in [0.4, 0.5) is 0 Å². The number of benzene rings is 1. The van der Waals surface area contributed by atoms with E-state index in [-0.39, 0.29) is 0 Å². The van der Waals surface area contributed by atoms with Gasteiger partial charge in [0.1, 0.15) is 0 Å². The maximum Gasteiger partial charge on any atom is 0.225 e. The lowest BCUT2D eigenvalue weighted by atomic mass is 9.84. The van der Waals surface area contributed by atoms with Crippen molar-refractivity contribution in [2.75, 3.05) is 26.7 Å². The Morgan fingerprint density at radius 3 is 2.39 bits per heavy atom. The summed E-state index contributed by atoms with van der Waals surface area (Å²) in [6, 6.07) is 8.62. The molecule has 1 saturated heterocycles. The molecule has 1 aromatic rings. The molecule has 23 heavy (non-hydrogen) atoms. The fourth-order valence-electron chi connectivity index (χ4n) is 3.62. The quantitative estimate of drug-likeness (QED) is 0.774. The molecule has 1 aliphatic carbocycles. The van der Waals surface area contributed by atoms with Crippen LogP contribution in [0.25, 0.3) is 0 Å². The highest BCUT2D eigenvalue weighted by molar-refractivity contribution is 9.10. The molecule has 1 aliphatic heterocycles. The van der Waals surface area contributed by atoms with Gasteiger partial charge in [0, 0.05) is 30.5 Å². The average Bonchev–Trinajstić information content (AvgIpc) is 2.50. The number of carbonyl (C=O) groups excluding carboxylic acids is 1. The van der Waals surface area contributed by atoms with Gasteiger partial charge >= 0.3 is 0 Å². The molecule has 0 bridgehead atoms. The van der Waals surface area contributed by atoms with Gasteiger partial charge < -0.3 is 4.90 Å². The SMILES string of the molecule is CN(CC1CCN(Cc2ccc(Br)cc2)CC1)C(=O)C1CCC1. The normalized spacial score (nSPS) is 20.3. The van der Waals surface area contributed by atoms with E-state index in [0.29, 0.717) is 17.7 Å². The molecular formula is C19H27BrN2O. The third-order valence-electron chi connectivity index (χ3n) is 5.39. The van der Waals surface area contributed by atoms with Gasteiger partial charge in [-0.2, -0.15) is 0 Å². The van der Waals surface area contributed by atoms with Crippen LogP contribution in [0.1, 0.15) is 37.7 Å². The fourth-order valence-corrected chi connectivity index (χ4v) is 3.88. The van der Waals surface area contributed by atoms with Gasteiger partial charge in [0.05, 0.1) is 0 Å². The molecule has 0 aromatic heterocycles. The molecule has 1 aromatic carbocycles. The largest absolute Gasteiger partial charge is 0.345 e. The summed E-state index contributed by atoms with van der Waals surface area (Å²) in [7, 11) is 1.99. The van der Waals surface area contributed by atoms with E-state index in [4.69, 9.17) is 0 Å². The van der Waals surface area contributed by atoms with E-state index < -0.39 is 0 Å². The van der Waals surface area contributed by atoms with Gasteiger partial charge in [-0.25, -0.2) is 0 Å². The van der Waals surface area contributed by atoms with Crippen molar-refractivity contribution >= 4 is 21.8 Å². The molecule has 0 atom stereocenters. The molecule has 0 spiro atoms. The predicted octanol–water partition coefficient (Wildman–Crippen LogP) is 3.92. The molecule has 2 aliphatic rings. The smallest absolute Gasteiger partial charge is 0.225 e. The summed E-state index contributed by atoms with van der Waals surface area (Å²) in [6.07, 6.45) is 5.86. The molecule has 2 fully saturated rings. The van der Waals surface area contributed by atoms with Crippen molar-refractivity contribution in [1.29, 1.82) is 0 Å². The molecule has 0 N–H and O–H groups in total. The van der Waals surface area contributed by atoms with E-state index in [9.17, 15) is 4.79 Å². The number of nitrogens with zero attached hydrogens (tertiary/aromatic N) is 2. The minimum absolute atomic E-state index is 0.331. The van der Waals surface area contributed by atoms with Crippen LogP contribution in [0.2, 0.25) is 0 Å². The standard InChI is InChI=1S/C19H27BrN2O/c1-21(19(23)17-3-2-4-17)13-16-9-11-22(12-10-16)14-15-5-7-18(20)8-6-15/h5-8,16-17H,2-4,9-14H2,1H3. The molecule has 0 unspecified atom stereocenters. The Bertz CT molecular complexity index is 519. The molecule has 1 saturated carbocycles. The molecule has 4 heteroatoms. The summed E-state index contributed by atoms with van der Waals surface area (Å²) in [4.78, 5) is 16.8. The minimum Gasteiger partial charge on any atom is -0.345 e. The first-order valence-corrected chi connectivity index (χ1v) is 9.63. The van der Waals surface area contributed by atoms with Crippen molar-refractivity contribution < 1.29 is 4.79 Å². The zero-order valence-corrected chi connectivity index (χ0v) is 15.6. The fraction of sp³-hybridized carbons (Fsp3) is 0.632. The van der Waals surface area contributed by atoms with Crippen LogP contribution >= 0.6 is 15.9 Å². The summed E-state index contributed by atoms with van der Waals surface area (Å²) in [5.74, 6) is 1.39. The summed E-state index contributed by atoms with van der Waals surface area (Å²) in [5, 5.41) is 0. The van der Waals surface area contributed by atoms with E-state index in [1.54, 1.807) is 0 Å². The second-order valence-corrected chi connectivity index (χ2v) is 8.11. The highest BCUT2D eigenvalue weighted by Crippen LogP contribution is 2.29. The average molecular weight is 379 g/mol. The number of carbonyl (C=O) groups is 1. The Morgan fingerprint density at radius 2 is 1.83 bits per heavy atom. The van der Waals surface area contributed by atoms with Crippen LogP contribution in [-0.4, -0.2) is 42.4 Å². The third-order valence-corrected chi connectivity index (χ3v) is 5.92.